The van der Waals surface area contributed by atoms with Crippen molar-refractivity contribution in [3.8, 4) is 0 Å². The molecule has 1 aliphatic heterocycles. The maximum Gasteiger partial charge on any atom is 0.263 e. The van der Waals surface area contributed by atoms with Gasteiger partial charge >= 0.3 is 0 Å². The lowest BCUT2D eigenvalue weighted by molar-refractivity contribution is -0.0615. The average Bonchev–Trinajstić information content (AvgIpc) is 3.03. The highest BCUT2D eigenvalue weighted by molar-refractivity contribution is 7.12. The normalized spacial score (nSPS) is 19.2. The van der Waals surface area contributed by atoms with Crippen molar-refractivity contribution in [2.75, 3.05) is 11.9 Å². The van der Waals surface area contributed by atoms with Gasteiger partial charge in [-0.1, -0.05) is 0 Å². The highest BCUT2D eigenvalue weighted by atomic mass is 32.1. The maximum absolute atomic E-state index is 12.6. The zero-order valence-corrected chi connectivity index (χ0v) is 15.1. The van der Waals surface area contributed by atoms with E-state index in [0.717, 1.165) is 12.8 Å². The summed E-state index contributed by atoms with van der Waals surface area (Å²) in [6.45, 7) is 4.68. The van der Waals surface area contributed by atoms with Gasteiger partial charge in [-0.25, -0.2) is 0 Å². The van der Waals surface area contributed by atoms with Gasteiger partial charge < -0.3 is 15.4 Å². The van der Waals surface area contributed by atoms with Gasteiger partial charge in [-0.2, -0.15) is 0 Å². The topological polar surface area (TPSA) is 80.3 Å². The van der Waals surface area contributed by atoms with Crippen molar-refractivity contribution < 1.29 is 14.3 Å². The van der Waals surface area contributed by atoms with E-state index in [1.807, 2.05) is 13.8 Å². The first-order valence-electron chi connectivity index (χ1n) is 8.18. The first-order chi connectivity index (χ1) is 11.9. The Labute approximate surface area is 150 Å². The number of pyridine rings is 1. The van der Waals surface area contributed by atoms with Gasteiger partial charge in [0, 0.05) is 30.6 Å². The highest BCUT2D eigenvalue weighted by Crippen LogP contribution is 2.26. The summed E-state index contributed by atoms with van der Waals surface area (Å²) < 4.78 is 5.68. The van der Waals surface area contributed by atoms with Crippen LogP contribution in [0.15, 0.2) is 36.0 Å². The van der Waals surface area contributed by atoms with Crippen LogP contribution in [0.1, 0.15) is 46.7 Å². The minimum absolute atomic E-state index is 0.0714. The van der Waals surface area contributed by atoms with E-state index in [-0.39, 0.29) is 23.5 Å². The van der Waals surface area contributed by atoms with Crippen molar-refractivity contribution in [1.82, 2.24) is 10.3 Å². The molecule has 2 aromatic rings. The molecule has 0 aliphatic carbocycles. The summed E-state index contributed by atoms with van der Waals surface area (Å²) in [7, 11) is 0. The summed E-state index contributed by atoms with van der Waals surface area (Å²) in [5.74, 6) is -0.426. The monoisotopic (exact) mass is 359 g/mol. The third-order valence-electron chi connectivity index (χ3n) is 4.09. The van der Waals surface area contributed by atoms with Crippen molar-refractivity contribution in [3.63, 3.8) is 0 Å². The number of thiophene rings is 1. The lowest BCUT2D eigenvalue weighted by Gasteiger charge is -2.35. The second-order valence-corrected chi connectivity index (χ2v) is 7.54. The largest absolute Gasteiger partial charge is 0.375 e. The quantitative estimate of drug-likeness (QED) is 0.879. The Morgan fingerprint density at radius 1 is 1.24 bits per heavy atom. The molecule has 1 aliphatic rings. The van der Waals surface area contributed by atoms with Crippen molar-refractivity contribution in [1.29, 1.82) is 0 Å². The second kappa shape index (κ2) is 7.33. The zero-order chi connectivity index (χ0) is 17.9. The highest BCUT2D eigenvalue weighted by Gasteiger charge is 2.30. The molecule has 1 saturated heterocycles. The first-order valence-corrected chi connectivity index (χ1v) is 9.06. The lowest BCUT2D eigenvalue weighted by atomic mass is 9.94. The van der Waals surface area contributed by atoms with Gasteiger partial charge in [0.25, 0.3) is 11.8 Å². The molecule has 6 nitrogen and oxygen atoms in total. The van der Waals surface area contributed by atoms with Gasteiger partial charge in [0.2, 0.25) is 0 Å². The van der Waals surface area contributed by atoms with E-state index in [9.17, 15) is 9.59 Å². The number of rotatable bonds is 4. The Hall–Kier alpha value is -2.25. The Morgan fingerprint density at radius 3 is 2.72 bits per heavy atom. The van der Waals surface area contributed by atoms with Crippen LogP contribution in [0.3, 0.4) is 0 Å². The van der Waals surface area contributed by atoms with Gasteiger partial charge in [0.05, 0.1) is 11.3 Å². The van der Waals surface area contributed by atoms with Crippen molar-refractivity contribution in [2.45, 2.75) is 38.3 Å². The molecule has 1 fully saturated rings. The van der Waals surface area contributed by atoms with E-state index >= 15 is 0 Å². The van der Waals surface area contributed by atoms with E-state index in [4.69, 9.17) is 4.74 Å². The molecule has 0 radical (unpaired) electrons. The summed E-state index contributed by atoms with van der Waals surface area (Å²) in [5, 5.41) is 7.66. The molecule has 2 N–H and O–H groups in total. The molecule has 0 spiro atoms. The molecule has 0 saturated carbocycles. The fourth-order valence-corrected chi connectivity index (χ4v) is 3.64. The minimum atomic E-state index is -0.262. The molecule has 7 heteroatoms. The van der Waals surface area contributed by atoms with E-state index in [2.05, 4.69) is 15.6 Å². The minimum Gasteiger partial charge on any atom is -0.375 e. The number of nitrogens with one attached hydrogen (secondary N) is 2. The SMILES string of the molecule is CC1(C)CC(NC(=O)c2sccc2NC(=O)c2ccncc2)CCO1. The number of carbonyl (C=O) groups is 2. The van der Waals surface area contributed by atoms with Crippen molar-refractivity contribution in [3.05, 3.63) is 46.4 Å². The van der Waals surface area contributed by atoms with Crippen LogP contribution in [0.25, 0.3) is 0 Å². The van der Waals surface area contributed by atoms with Crippen molar-refractivity contribution >= 4 is 28.8 Å². The smallest absolute Gasteiger partial charge is 0.263 e. The molecule has 0 bridgehead atoms. The van der Waals surface area contributed by atoms with Crippen LogP contribution in [0.2, 0.25) is 0 Å². The molecule has 1 unspecified atom stereocenters. The van der Waals surface area contributed by atoms with Gasteiger partial charge in [0.15, 0.2) is 0 Å². The third kappa shape index (κ3) is 4.43. The molecule has 0 aromatic carbocycles. The summed E-state index contributed by atoms with van der Waals surface area (Å²) in [6.07, 6.45) is 4.67. The van der Waals surface area contributed by atoms with Crippen LogP contribution in [-0.2, 0) is 4.74 Å². The summed E-state index contributed by atoms with van der Waals surface area (Å²) in [5.41, 5.74) is 0.790. The van der Waals surface area contributed by atoms with E-state index < -0.39 is 0 Å². The Balaban J connectivity index is 1.67. The van der Waals surface area contributed by atoms with Gasteiger partial charge in [-0.3, -0.25) is 14.6 Å². The molecule has 3 heterocycles. The van der Waals surface area contributed by atoms with E-state index in [1.165, 1.54) is 11.3 Å². The number of aromatic nitrogens is 1. The molecule has 2 aromatic heterocycles. The number of carbonyl (C=O) groups excluding carboxylic acids is 2. The van der Waals surface area contributed by atoms with E-state index in [1.54, 1.807) is 36.0 Å². The van der Waals surface area contributed by atoms with Crippen LogP contribution in [0.4, 0.5) is 5.69 Å². The first kappa shape index (κ1) is 17.6. The Morgan fingerprint density at radius 2 is 2.00 bits per heavy atom. The number of hydrogen-bond acceptors (Lipinski definition) is 5. The predicted molar refractivity (Wildman–Crippen MR) is 97.0 cm³/mol. The van der Waals surface area contributed by atoms with Gasteiger partial charge in [0.1, 0.15) is 4.88 Å². The summed E-state index contributed by atoms with van der Waals surface area (Å²) in [4.78, 5) is 29.3. The Bertz CT molecular complexity index is 758. The summed E-state index contributed by atoms with van der Waals surface area (Å²) >= 11 is 1.31. The second-order valence-electron chi connectivity index (χ2n) is 6.62. The lowest BCUT2D eigenvalue weighted by Crippen LogP contribution is -2.45. The maximum atomic E-state index is 12.6. The average molecular weight is 359 g/mol. The predicted octanol–water partition coefficient (Wildman–Crippen LogP) is 3.08. The number of anilines is 1. The fourth-order valence-electron chi connectivity index (χ4n) is 2.89. The van der Waals surface area contributed by atoms with Crippen LogP contribution in [-0.4, -0.2) is 35.0 Å². The van der Waals surface area contributed by atoms with Crippen LogP contribution in [0, 0.1) is 0 Å². The van der Waals surface area contributed by atoms with Gasteiger partial charge in [-0.05, 0) is 50.3 Å². The number of ether oxygens (including phenoxy) is 1. The van der Waals surface area contributed by atoms with Crippen LogP contribution in [0.5, 0.6) is 0 Å². The molecule has 25 heavy (non-hydrogen) atoms. The molecule has 2 amide bonds. The zero-order valence-electron chi connectivity index (χ0n) is 14.2. The Kier molecular flexibility index (Phi) is 5.15. The molecular formula is C18H21N3O3S. The van der Waals surface area contributed by atoms with Gasteiger partial charge in [-0.15, -0.1) is 11.3 Å². The fraction of sp³-hybridized carbons (Fsp3) is 0.389. The molecule has 3 rings (SSSR count). The summed E-state index contributed by atoms with van der Waals surface area (Å²) in [6, 6.07) is 5.08. The van der Waals surface area contributed by atoms with Crippen molar-refractivity contribution in [2.24, 2.45) is 0 Å². The third-order valence-corrected chi connectivity index (χ3v) is 5.01. The number of hydrogen-bond donors (Lipinski definition) is 2. The van der Waals surface area contributed by atoms with Crippen LogP contribution >= 0.6 is 11.3 Å². The van der Waals surface area contributed by atoms with Crippen LogP contribution < -0.4 is 10.6 Å². The molecular weight excluding hydrogens is 338 g/mol. The standard InChI is InChI=1S/C18H21N3O3S/c1-18(2)11-13(5-9-24-18)20-17(23)15-14(6-10-25-15)21-16(22)12-3-7-19-8-4-12/h3-4,6-8,10,13H,5,9,11H2,1-2H3,(H,20,23)(H,21,22). The van der Waals surface area contributed by atoms with E-state index in [0.29, 0.717) is 22.7 Å². The molecule has 1 atom stereocenters. The molecule has 132 valence electrons. The number of amides is 2. The number of nitrogens with zero attached hydrogens (tertiary/aromatic N) is 1.